The molecule has 4 aliphatic rings. The Bertz CT molecular complexity index is 7320. The SMILES string of the molecule is C1=C2Oc3c4c(cc5cc(N(c6ccccc6)c6ccc7c8ccccc8n(-c8ccccc8)c7c6)ccc35)Oc3c5c(cc6cc(N(c7ccccc7)c7ccc8c9ccccc9n(-c9ccccc9)c8c7)ccc36)OC(c3ccc(N(c6ccccc6)c6ccc7c8ccccc8n(-c8ccccc8)c7c6)cc31)C2N45. The monoisotopic (exact) mass is 1440 g/mol. The van der Waals surface area contributed by atoms with Crippen LogP contribution in [0.15, 0.2) is 382 Å². The van der Waals surface area contributed by atoms with Crippen LogP contribution in [-0.4, -0.2) is 19.7 Å². The third-order valence-corrected chi connectivity index (χ3v) is 23.3. The Morgan fingerprint density at radius 1 is 0.250 bits per heavy atom. The Hall–Kier alpha value is -15.0. The summed E-state index contributed by atoms with van der Waals surface area (Å²) in [5, 5.41) is 11.0. The van der Waals surface area contributed by atoms with Gasteiger partial charge in [-0.3, -0.25) is 0 Å². The summed E-state index contributed by atoms with van der Waals surface area (Å²) < 4.78 is 30.2. The van der Waals surface area contributed by atoms with Gasteiger partial charge in [-0.1, -0.05) is 188 Å². The summed E-state index contributed by atoms with van der Waals surface area (Å²) in [6.45, 7) is 0. The van der Waals surface area contributed by atoms with Crippen LogP contribution in [0.4, 0.5) is 62.6 Å². The van der Waals surface area contributed by atoms with E-state index in [0.717, 1.165) is 168 Å². The highest BCUT2D eigenvalue weighted by molar-refractivity contribution is 6.14. The molecule has 0 saturated heterocycles. The van der Waals surface area contributed by atoms with E-state index in [1.54, 1.807) is 0 Å². The predicted molar refractivity (Wildman–Crippen MR) is 459 cm³/mol. The molecule has 0 saturated carbocycles. The molecular formula is C102H65N7O3. The summed E-state index contributed by atoms with van der Waals surface area (Å²) >= 11 is 0. The van der Waals surface area contributed by atoms with Crippen molar-refractivity contribution < 1.29 is 14.2 Å². The fraction of sp³-hybridized carbons (Fsp3) is 0.0196. The number of nitrogens with zero attached hydrogens (tertiary/aromatic N) is 7. The molecule has 2 unspecified atom stereocenters. The lowest BCUT2D eigenvalue weighted by Crippen LogP contribution is -2.49. The van der Waals surface area contributed by atoms with Crippen molar-refractivity contribution in [2.45, 2.75) is 12.1 Å². The molecule has 24 rings (SSSR count). The van der Waals surface area contributed by atoms with Gasteiger partial charge in [-0.05, 0) is 210 Å². The molecule has 20 aromatic rings. The molecule has 3 aromatic heterocycles. The van der Waals surface area contributed by atoms with E-state index >= 15 is 0 Å². The number of para-hydroxylation sites is 9. The van der Waals surface area contributed by atoms with Gasteiger partial charge < -0.3 is 47.5 Å². The molecule has 0 fully saturated rings. The molecule has 0 amide bonds. The van der Waals surface area contributed by atoms with Crippen molar-refractivity contribution >= 4 is 156 Å². The van der Waals surface area contributed by atoms with Crippen LogP contribution >= 0.6 is 0 Å². The molecule has 10 nitrogen and oxygen atoms in total. The van der Waals surface area contributed by atoms with Gasteiger partial charge >= 0.3 is 0 Å². The van der Waals surface area contributed by atoms with E-state index in [9.17, 15) is 0 Å². The Kier molecular flexibility index (Phi) is 13.4. The molecule has 1 aliphatic carbocycles. The van der Waals surface area contributed by atoms with Crippen LogP contribution in [0.5, 0.6) is 23.0 Å². The van der Waals surface area contributed by atoms with Gasteiger partial charge in [0.05, 0.1) is 33.1 Å². The molecular weight excluding hydrogens is 1370 g/mol. The smallest absolute Gasteiger partial charge is 0.162 e. The predicted octanol–water partition coefficient (Wildman–Crippen LogP) is 27.2. The van der Waals surface area contributed by atoms with Crippen LogP contribution in [0.3, 0.4) is 0 Å². The van der Waals surface area contributed by atoms with Crippen molar-refractivity contribution in [3.05, 3.63) is 393 Å². The first-order valence-electron chi connectivity index (χ1n) is 38.3. The lowest BCUT2D eigenvalue weighted by atomic mass is 9.84. The van der Waals surface area contributed by atoms with E-state index < -0.39 is 12.1 Å². The van der Waals surface area contributed by atoms with Crippen molar-refractivity contribution in [2.75, 3.05) is 19.6 Å². The molecule has 526 valence electrons. The van der Waals surface area contributed by atoms with Crippen molar-refractivity contribution in [2.24, 2.45) is 0 Å². The Morgan fingerprint density at radius 3 is 1.01 bits per heavy atom. The van der Waals surface area contributed by atoms with E-state index in [-0.39, 0.29) is 0 Å². The summed E-state index contributed by atoms with van der Waals surface area (Å²) in [6.07, 6.45) is 1.76. The number of rotatable bonds is 12. The average Bonchev–Trinajstić information content (AvgIpc) is 0.926. The van der Waals surface area contributed by atoms with Gasteiger partial charge in [0, 0.05) is 117 Å². The highest BCUT2D eigenvalue weighted by Crippen LogP contribution is 2.66. The van der Waals surface area contributed by atoms with Crippen LogP contribution in [-0.2, 0) is 0 Å². The molecule has 10 heteroatoms. The van der Waals surface area contributed by atoms with Gasteiger partial charge in [-0.2, -0.15) is 0 Å². The second kappa shape index (κ2) is 24.3. The zero-order chi connectivity index (χ0) is 73.2. The highest BCUT2D eigenvalue weighted by Gasteiger charge is 2.52. The largest absolute Gasteiger partial charge is 0.481 e. The summed E-state index contributed by atoms with van der Waals surface area (Å²) in [5.74, 6) is 3.66. The van der Waals surface area contributed by atoms with Gasteiger partial charge in [0.25, 0.3) is 0 Å². The van der Waals surface area contributed by atoms with Gasteiger partial charge in [0.15, 0.2) is 23.4 Å². The maximum atomic E-state index is 7.74. The van der Waals surface area contributed by atoms with Crippen LogP contribution in [0.1, 0.15) is 17.2 Å². The van der Waals surface area contributed by atoms with Crippen LogP contribution in [0.2, 0.25) is 0 Å². The lowest BCUT2D eigenvalue weighted by molar-refractivity contribution is 0.143. The minimum absolute atomic E-state index is 0.398. The molecule has 0 N–H and O–H groups in total. The zero-order valence-electron chi connectivity index (χ0n) is 60.4. The Labute approximate surface area is 644 Å². The highest BCUT2D eigenvalue weighted by atomic mass is 16.5. The first kappa shape index (κ1) is 62.1. The maximum Gasteiger partial charge on any atom is 0.162 e. The molecule has 2 atom stereocenters. The summed E-state index contributed by atoms with van der Waals surface area (Å²) in [5.41, 5.74) is 23.1. The molecule has 6 heterocycles. The molecule has 17 aromatic carbocycles. The molecule has 3 aliphatic heterocycles. The number of anilines is 11. The topological polar surface area (TPSA) is 55.4 Å². The maximum absolute atomic E-state index is 7.74. The Balaban J connectivity index is 0.699. The van der Waals surface area contributed by atoms with E-state index in [1.807, 2.05) is 0 Å². The van der Waals surface area contributed by atoms with Crippen molar-refractivity contribution in [3.63, 3.8) is 0 Å². The molecule has 0 bridgehead atoms. The van der Waals surface area contributed by atoms with Gasteiger partial charge in [0.1, 0.15) is 28.9 Å². The second-order valence-corrected chi connectivity index (χ2v) is 29.5. The fourth-order valence-corrected chi connectivity index (χ4v) is 18.6. The van der Waals surface area contributed by atoms with Gasteiger partial charge in [-0.15, -0.1) is 0 Å². The minimum Gasteiger partial charge on any atom is -0.481 e. The number of hydrogen-bond acceptors (Lipinski definition) is 7. The lowest BCUT2D eigenvalue weighted by Gasteiger charge is -2.51. The first-order valence-corrected chi connectivity index (χ1v) is 38.3. The Morgan fingerprint density at radius 2 is 0.580 bits per heavy atom. The summed E-state index contributed by atoms with van der Waals surface area (Å²) in [4.78, 5) is 9.60. The number of ether oxygens (including phenoxy) is 3. The summed E-state index contributed by atoms with van der Waals surface area (Å²) in [6, 6.07) is 135. The van der Waals surface area contributed by atoms with Gasteiger partial charge in [0.2, 0.25) is 0 Å². The molecule has 112 heavy (non-hydrogen) atoms. The van der Waals surface area contributed by atoms with Crippen LogP contribution < -0.4 is 33.8 Å². The van der Waals surface area contributed by atoms with Crippen molar-refractivity contribution in [1.29, 1.82) is 0 Å². The zero-order valence-corrected chi connectivity index (χ0v) is 60.4. The standard InChI is InChI=1S/C102H65N7O3/c1-7-25-67(26-8-1)103(76-46-52-85-82-37-19-22-40-88(82)106(91(85)61-76)70-31-13-4-14-32-70)73-43-49-79-64(55-73)58-94-97-100(79)111-95-59-65-56-75(105(69-29-11-3-12-30-69)78-48-54-87-84-39-21-24-42-90(84)108(93(87)63-78)72-35-17-6-18-36-72)45-51-81(65)102-98(95)109(97)99-96(112-102)60-66-57-74(44-50-80(66)101(99)110-94)104(68-27-9-2-10-28-68)77-47-53-86-83-38-20-23-41-89(83)107(92(86)62-77)71-33-15-5-16-34-71/h1-63,97,100H. The average molecular weight is 1440 g/mol. The number of hydrogen-bond donors (Lipinski definition) is 0. The van der Waals surface area contributed by atoms with Gasteiger partial charge in [-0.25, -0.2) is 0 Å². The van der Waals surface area contributed by atoms with Crippen molar-refractivity contribution in [1.82, 2.24) is 13.7 Å². The second-order valence-electron chi connectivity index (χ2n) is 29.5. The quantitative estimate of drug-likeness (QED) is 0.121. The van der Waals surface area contributed by atoms with E-state index in [1.165, 1.54) is 32.3 Å². The first-order chi connectivity index (χ1) is 55.5. The van der Waals surface area contributed by atoms with Crippen LogP contribution in [0, 0.1) is 0 Å². The van der Waals surface area contributed by atoms with E-state index in [2.05, 4.69) is 415 Å². The number of aromatic nitrogens is 3. The molecule has 0 spiro atoms. The summed E-state index contributed by atoms with van der Waals surface area (Å²) in [7, 11) is 0. The van der Waals surface area contributed by atoms with Crippen molar-refractivity contribution in [3.8, 4) is 40.1 Å². The number of benzene rings is 17. The third-order valence-electron chi connectivity index (χ3n) is 23.3. The fourth-order valence-electron chi connectivity index (χ4n) is 18.6. The van der Waals surface area contributed by atoms with Crippen LogP contribution in [0.25, 0.3) is 110 Å². The normalized spacial score (nSPS) is 14.3. The van der Waals surface area contributed by atoms with E-state index in [4.69, 9.17) is 14.2 Å². The molecule has 0 radical (unpaired) electrons. The third kappa shape index (κ3) is 9.33. The number of fused-ring (bicyclic) bond motifs is 15. The minimum atomic E-state index is -0.508. The van der Waals surface area contributed by atoms with E-state index in [0.29, 0.717) is 5.75 Å².